The molecule has 2 N–H and O–H groups in total. The van der Waals surface area contributed by atoms with E-state index in [0.29, 0.717) is 12.0 Å². The normalized spacial score (nSPS) is 16.9. The highest BCUT2D eigenvalue weighted by Gasteiger charge is 2.24. The van der Waals surface area contributed by atoms with Crippen molar-refractivity contribution >= 4 is 13.0 Å². The Kier molecular flexibility index (Phi) is 4.22. The van der Waals surface area contributed by atoms with Crippen LogP contribution < -0.4 is 5.32 Å². The van der Waals surface area contributed by atoms with E-state index in [-0.39, 0.29) is 7.05 Å². The summed E-state index contributed by atoms with van der Waals surface area (Å²) in [5, 5.41) is 17.4. The molecule has 2 aromatic rings. The molecule has 0 aliphatic carbocycles. The Labute approximate surface area is 124 Å². The van der Waals surface area contributed by atoms with Crippen LogP contribution in [0.25, 0.3) is 5.69 Å². The van der Waals surface area contributed by atoms with E-state index in [4.69, 9.17) is 0 Å². The van der Waals surface area contributed by atoms with Crippen molar-refractivity contribution in [1.29, 1.82) is 0 Å². The van der Waals surface area contributed by atoms with Crippen LogP contribution in [0.2, 0.25) is 6.82 Å². The van der Waals surface area contributed by atoms with Crippen molar-refractivity contribution in [2.24, 2.45) is 0 Å². The van der Waals surface area contributed by atoms with Gasteiger partial charge in [-0.05, 0) is 44.9 Å². The lowest BCUT2D eigenvalue weighted by atomic mass is 9.82. The van der Waals surface area contributed by atoms with Crippen molar-refractivity contribution in [2.45, 2.75) is 25.7 Å². The maximum absolute atomic E-state index is 9.56. The average Bonchev–Trinajstić information content (AvgIpc) is 2.97. The molecule has 6 nitrogen and oxygen atoms in total. The number of nitrogens with one attached hydrogen (secondary N) is 1. The maximum Gasteiger partial charge on any atom is 0.376 e. The Morgan fingerprint density at radius 1 is 1.24 bits per heavy atom. The van der Waals surface area contributed by atoms with Crippen LogP contribution >= 0.6 is 0 Å². The van der Waals surface area contributed by atoms with Gasteiger partial charge in [0.2, 0.25) is 5.95 Å². The summed E-state index contributed by atoms with van der Waals surface area (Å²) >= 11 is 0. The van der Waals surface area contributed by atoms with Crippen molar-refractivity contribution in [3.63, 3.8) is 0 Å². The van der Waals surface area contributed by atoms with Crippen LogP contribution in [0.3, 0.4) is 0 Å². The fraction of sp³-hybridized carbons (Fsp3) is 0.429. The van der Waals surface area contributed by atoms with E-state index in [1.54, 1.807) is 11.0 Å². The first-order valence-electron chi connectivity index (χ1n) is 7.38. The second-order valence-electron chi connectivity index (χ2n) is 5.43. The van der Waals surface area contributed by atoms with Crippen molar-refractivity contribution in [3.8, 4) is 5.69 Å². The predicted molar refractivity (Wildman–Crippen MR) is 83.4 cm³/mol. The van der Waals surface area contributed by atoms with E-state index in [1.165, 1.54) is 0 Å². The number of anilines is 1. The van der Waals surface area contributed by atoms with Gasteiger partial charge in [-0.1, -0.05) is 18.2 Å². The van der Waals surface area contributed by atoms with Crippen LogP contribution in [-0.2, 0) is 0 Å². The average molecular weight is 285 g/mol. The highest BCUT2D eigenvalue weighted by Crippen LogP contribution is 2.15. The van der Waals surface area contributed by atoms with Gasteiger partial charge < -0.3 is 15.2 Å². The topological polar surface area (TPSA) is 66.2 Å². The summed E-state index contributed by atoms with van der Waals surface area (Å²) in [5.74, 6) is 0.661. The molecule has 110 valence electrons. The standard InChI is InChI=1S/C14H20BN5O/c1-15(21)19-9-7-12(8-10-19)17-14-16-11-20(18-14)13-5-3-2-4-6-13/h2-6,11-12,21H,7-10H2,1H3,(H,17,18). The molecule has 0 unspecified atom stereocenters. The molecule has 1 aliphatic heterocycles. The number of piperidine rings is 1. The summed E-state index contributed by atoms with van der Waals surface area (Å²) in [5.41, 5.74) is 1.00. The summed E-state index contributed by atoms with van der Waals surface area (Å²) in [7, 11) is -0.360. The Bertz CT molecular complexity index is 566. The first kappa shape index (κ1) is 14.1. The molecule has 1 aromatic carbocycles. The minimum atomic E-state index is -0.360. The van der Waals surface area contributed by atoms with E-state index in [9.17, 15) is 5.02 Å². The van der Waals surface area contributed by atoms with Gasteiger partial charge in [0.15, 0.2) is 0 Å². The zero-order chi connectivity index (χ0) is 14.7. The zero-order valence-corrected chi connectivity index (χ0v) is 12.2. The molecule has 21 heavy (non-hydrogen) atoms. The summed E-state index contributed by atoms with van der Waals surface area (Å²) in [6.45, 7) is 3.61. The van der Waals surface area contributed by atoms with E-state index in [0.717, 1.165) is 31.6 Å². The van der Waals surface area contributed by atoms with Gasteiger partial charge in [-0.3, -0.25) is 0 Å². The van der Waals surface area contributed by atoms with Crippen molar-refractivity contribution in [1.82, 2.24) is 19.6 Å². The molecule has 7 heteroatoms. The molecule has 0 amide bonds. The molecular formula is C14H20BN5O. The van der Waals surface area contributed by atoms with Crippen LogP contribution in [0.5, 0.6) is 0 Å². The summed E-state index contributed by atoms with van der Waals surface area (Å²) in [6, 6.07) is 10.3. The first-order valence-corrected chi connectivity index (χ1v) is 7.38. The van der Waals surface area contributed by atoms with Gasteiger partial charge in [-0.15, -0.1) is 5.10 Å². The van der Waals surface area contributed by atoms with Gasteiger partial charge in [-0.25, -0.2) is 9.67 Å². The van der Waals surface area contributed by atoms with Crippen LogP contribution in [0.1, 0.15) is 12.8 Å². The lowest BCUT2D eigenvalue weighted by molar-refractivity contribution is 0.297. The second-order valence-corrected chi connectivity index (χ2v) is 5.43. The molecule has 0 atom stereocenters. The smallest absolute Gasteiger partial charge is 0.376 e. The summed E-state index contributed by atoms with van der Waals surface area (Å²) in [4.78, 5) is 6.40. The number of hydrogen-bond acceptors (Lipinski definition) is 5. The fourth-order valence-corrected chi connectivity index (χ4v) is 2.63. The second kappa shape index (κ2) is 6.28. The van der Waals surface area contributed by atoms with Gasteiger partial charge in [0.05, 0.1) is 5.69 Å². The van der Waals surface area contributed by atoms with Gasteiger partial charge in [0.1, 0.15) is 6.33 Å². The number of nitrogens with zero attached hydrogens (tertiary/aromatic N) is 4. The molecule has 0 bridgehead atoms. The summed E-state index contributed by atoms with van der Waals surface area (Å²) in [6.07, 6.45) is 3.71. The molecule has 1 aromatic heterocycles. The molecule has 2 heterocycles. The number of aromatic nitrogens is 3. The lowest BCUT2D eigenvalue weighted by Crippen LogP contribution is -2.46. The predicted octanol–water partition coefficient (Wildman–Crippen LogP) is 1.25. The molecule has 0 saturated carbocycles. The Balaban J connectivity index is 1.59. The van der Waals surface area contributed by atoms with Crippen LogP contribution in [0.4, 0.5) is 5.95 Å². The Hall–Kier alpha value is -1.86. The van der Waals surface area contributed by atoms with Gasteiger partial charge in [-0.2, -0.15) is 0 Å². The van der Waals surface area contributed by atoms with Gasteiger partial charge in [0.25, 0.3) is 0 Å². The van der Waals surface area contributed by atoms with E-state index >= 15 is 0 Å². The lowest BCUT2D eigenvalue weighted by Gasteiger charge is -2.32. The van der Waals surface area contributed by atoms with E-state index in [1.807, 2.05) is 37.2 Å². The number of hydrogen-bond donors (Lipinski definition) is 2. The third-order valence-electron chi connectivity index (χ3n) is 3.90. The first-order chi connectivity index (χ1) is 10.2. The number of para-hydroxylation sites is 1. The van der Waals surface area contributed by atoms with Gasteiger partial charge >= 0.3 is 7.05 Å². The minimum Gasteiger partial charge on any atom is -0.437 e. The Morgan fingerprint density at radius 2 is 1.95 bits per heavy atom. The molecule has 1 aliphatic rings. The molecule has 1 saturated heterocycles. The van der Waals surface area contributed by atoms with Gasteiger partial charge in [0, 0.05) is 6.04 Å². The number of rotatable bonds is 4. The van der Waals surface area contributed by atoms with Crippen LogP contribution in [-0.4, -0.2) is 50.8 Å². The molecular weight excluding hydrogens is 265 g/mol. The third-order valence-corrected chi connectivity index (χ3v) is 3.90. The maximum atomic E-state index is 9.56. The Morgan fingerprint density at radius 3 is 2.62 bits per heavy atom. The highest BCUT2D eigenvalue weighted by molar-refractivity contribution is 6.45. The zero-order valence-electron chi connectivity index (χ0n) is 12.2. The monoisotopic (exact) mass is 285 g/mol. The van der Waals surface area contributed by atoms with E-state index < -0.39 is 0 Å². The fourth-order valence-electron chi connectivity index (χ4n) is 2.63. The minimum absolute atomic E-state index is 0.360. The highest BCUT2D eigenvalue weighted by atomic mass is 16.2. The third kappa shape index (κ3) is 3.43. The molecule has 3 rings (SSSR count). The molecule has 1 fully saturated rings. The van der Waals surface area contributed by atoms with Crippen molar-refractivity contribution in [3.05, 3.63) is 36.7 Å². The quantitative estimate of drug-likeness (QED) is 0.828. The molecule has 0 radical (unpaired) electrons. The van der Waals surface area contributed by atoms with Crippen molar-refractivity contribution in [2.75, 3.05) is 18.4 Å². The molecule has 0 spiro atoms. The SMILES string of the molecule is CB(O)N1CCC(Nc2ncn(-c3ccccc3)n2)CC1. The van der Waals surface area contributed by atoms with E-state index in [2.05, 4.69) is 20.2 Å². The summed E-state index contributed by atoms with van der Waals surface area (Å²) < 4.78 is 1.77. The van der Waals surface area contributed by atoms with Crippen LogP contribution in [0, 0.1) is 0 Å². The largest absolute Gasteiger partial charge is 0.437 e. The number of benzene rings is 1. The van der Waals surface area contributed by atoms with Crippen LogP contribution in [0.15, 0.2) is 36.7 Å². The van der Waals surface area contributed by atoms with Crippen molar-refractivity contribution < 1.29 is 5.02 Å².